The molecule has 0 aromatic heterocycles. The average molecular weight is 609 g/mol. The minimum atomic E-state index is -4.31. The molecule has 4 N–H and O–H groups in total. The van der Waals surface area contributed by atoms with Gasteiger partial charge in [-0.2, -0.15) is 0 Å². The number of unbranched alkanes of at least 4 members (excludes halogenated alkanes) is 18. The lowest BCUT2D eigenvalue weighted by Gasteiger charge is -2.19. The van der Waals surface area contributed by atoms with Crippen molar-refractivity contribution in [2.75, 3.05) is 26.4 Å². The second-order valence-electron chi connectivity index (χ2n) is 11.1. The van der Waals surface area contributed by atoms with Gasteiger partial charge in [-0.05, 0) is 12.8 Å². The molecular formula is C31H63NO8P+. The minimum Gasteiger partial charge on any atom is -0.462 e. The number of carbonyl (C=O) groups is 2. The summed E-state index contributed by atoms with van der Waals surface area (Å²) >= 11 is 0. The maximum Gasteiger partial charge on any atom is 0.472 e. The fourth-order valence-corrected chi connectivity index (χ4v) is 5.32. The third-order valence-corrected chi connectivity index (χ3v) is 8.00. The summed E-state index contributed by atoms with van der Waals surface area (Å²) in [7, 11) is -4.31. The first-order chi connectivity index (χ1) is 19.8. The monoisotopic (exact) mass is 608 g/mol. The number of esters is 2. The number of phosphoric acid groups is 1. The van der Waals surface area contributed by atoms with Crippen LogP contribution < -0.4 is 5.73 Å². The molecule has 0 fully saturated rings. The normalized spacial score (nSPS) is 13.6. The highest BCUT2D eigenvalue weighted by Gasteiger charge is 2.26. The molecule has 0 saturated heterocycles. The van der Waals surface area contributed by atoms with E-state index in [-0.39, 0.29) is 25.6 Å². The molecule has 0 saturated carbocycles. The Morgan fingerprint density at radius 3 is 1.49 bits per heavy atom. The third kappa shape index (κ3) is 28.9. The maximum atomic E-state index is 12.4. The molecule has 1 unspecified atom stereocenters. The van der Waals surface area contributed by atoms with Gasteiger partial charge in [-0.25, -0.2) is 4.57 Å². The summed E-state index contributed by atoms with van der Waals surface area (Å²) in [5, 5.41) is 0. The fourth-order valence-electron chi connectivity index (χ4n) is 4.53. The molecule has 0 aliphatic rings. The molecule has 0 aliphatic heterocycles. The van der Waals surface area contributed by atoms with Gasteiger partial charge in [-0.15, -0.1) is 0 Å². The van der Waals surface area contributed by atoms with E-state index in [1.54, 1.807) is 0 Å². The molecule has 244 valence electrons. The van der Waals surface area contributed by atoms with Gasteiger partial charge in [0.05, 0.1) is 13.2 Å². The molecule has 0 bridgehead atoms. The second-order valence-corrected chi connectivity index (χ2v) is 12.6. The van der Waals surface area contributed by atoms with Crippen LogP contribution in [-0.4, -0.2) is 49.3 Å². The predicted octanol–water partition coefficient (Wildman–Crippen LogP) is 7.44. The van der Waals surface area contributed by atoms with Crippen molar-refractivity contribution in [3.8, 4) is 0 Å². The van der Waals surface area contributed by atoms with E-state index in [0.717, 1.165) is 32.1 Å². The molecule has 0 aromatic rings. The van der Waals surface area contributed by atoms with Crippen molar-refractivity contribution in [1.82, 2.24) is 0 Å². The number of phosphoric ester groups is 1. The van der Waals surface area contributed by atoms with Crippen LogP contribution in [0.4, 0.5) is 0 Å². The standard InChI is InChI=1S/C31H62NO8P/c1-3-5-7-9-11-13-14-16-18-20-22-24-31(34)40-29(28-39-41(35,36)38-26-25-32)27-37-30(33)23-21-19-17-15-12-10-8-6-4-2/h29H,3-28,32H2,1-2H3,(H,35,36)/p+1/t29-/m1/s1. The maximum absolute atomic E-state index is 12.4. The zero-order chi connectivity index (χ0) is 30.4. The summed E-state index contributed by atoms with van der Waals surface area (Å²) in [5.41, 5.74) is 3.56. The van der Waals surface area contributed by atoms with Crippen LogP contribution in [-0.2, 0) is 32.7 Å². The predicted molar refractivity (Wildman–Crippen MR) is 163 cm³/mol. The van der Waals surface area contributed by atoms with E-state index in [2.05, 4.69) is 19.6 Å². The van der Waals surface area contributed by atoms with Gasteiger partial charge in [0.2, 0.25) is 0 Å². The molecule has 10 heteroatoms. The Morgan fingerprint density at radius 2 is 1.05 bits per heavy atom. The smallest absolute Gasteiger partial charge is 0.462 e. The number of hydrogen-bond donors (Lipinski definition) is 2. The van der Waals surface area contributed by atoms with Gasteiger partial charge in [0, 0.05) is 12.8 Å². The van der Waals surface area contributed by atoms with Crippen molar-refractivity contribution in [3.63, 3.8) is 0 Å². The van der Waals surface area contributed by atoms with Crippen LogP contribution in [0, 0.1) is 0 Å². The van der Waals surface area contributed by atoms with Crippen molar-refractivity contribution in [2.45, 2.75) is 161 Å². The average Bonchev–Trinajstić information content (AvgIpc) is 2.95. The lowest BCUT2D eigenvalue weighted by Crippen LogP contribution is -2.52. The van der Waals surface area contributed by atoms with E-state index in [0.29, 0.717) is 19.4 Å². The van der Waals surface area contributed by atoms with Gasteiger partial charge in [0.25, 0.3) is 0 Å². The van der Waals surface area contributed by atoms with Crippen molar-refractivity contribution < 1.29 is 43.3 Å². The number of carbonyl (C=O) groups excluding carboxylic acids is 2. The Kier molecular flexibility index (Phi) is 28.4. The summed E-state index contributed by atoms with van der Waals surface area (Å²) in [6.07, 6.45) is 22.9. The van der Waals surface area contributed by atoms with Gasteiger partial charge < -0.3 is 20.1 Å². The Bertz CT molecular complexity index is 664. The van der Waals surface area contributed by atoms with Gasteiger partial charge in [-0.3, -0.25) is 18.6 Å². The third-order valence-electron chi connectivity index (χ3n) is 7.02. The quantitative estimate of drug-likeness (QED) is 0.0471. The summed E-state index contributed by atoms with van der Waals surface area (Å²) in [6, 6.07) is 0. The van der Waals surface area contributed by atoms with Gasteiger partial charge in [0.15, 0.2) is 6.10 Å². The molecule has 0 aromatic carbocycles. The summed E-state index contributed by atoms with van der Waals surface area (Å²) < 4.78 is 32.6. The highest BCUT2D eigenvalue weighted by molar-refractivity contribution is 7.47. The molecule has 2 atom stereocenters. The summed E-state index contributed by atoms with van der Waals surface area (Å²) in [4.78, 5) is 34.5. The molecule has 9 nitrogen and oxygen atoms in total. The first-order valence-corrected chi connectivity index (χ1v) is 18.1. The summed E-state index contributed by atoms with van der Waals surface area (Å²) in [6.45, 7) is 4.08. The molecule has 0 rings (SSSR count). The van der Waals surface area contributed by atoms with Crippen LogP contribution in [0.3, 0.4) is 0 Å². The highest BCUT2D eigenvalue weighted by atomic mass is 31.2. The molecule has 0 radical (unpaired) electrons. The van der Waals surface area contributed by atoms with Crippen LogP contribution in [0.25, 0.3) is 0 Å². The Labute approximate surface area is 250 Å². The summed E-state index contributed by atoms with van der Waals surface area (Å²) in [5.74, 6) is -0.809. The van der Waals surface area contributed by atoms with Crippen LogP contribution in [0.5, 0.6) is 0 Å². The molecule has 0 heterocycles. The number of ether oxygens (including phenoxy) is 2. The SMILES string of the molecule is CCCCCCCCCCCCCC(=O)O[C@H](COC(=O)CCCCCCCCCCC)COP(=O)(O)OCC[NH3+]. The molecular weight excluding hydrogens is 545 g/mol. The van der Waals surface area contributed by atoms with Crippen molar-refractivity contribution in [1.29, 1.82) is 0 Å². The van der Waals surface area contributed by atoms with E-state index in [1.807, 2.05) is 0 Å². The van der Waals surface area contributed by atoms with Gasteiger partial charge in [-0.1, -0.05) is 129 Å². The molecule has 0 aliphatic carbocycles. The first-order valence-electron chi connectivity index (χ1n) is 16.6. The van der Waals surface area contributed by atoms with Crippen molar-refractivity contribution in [3.05, 3.63) is 0 Å². The number of rotatable bonds is 31. The van der Waals surface area contributed by atoms with Gasteiger partial charge >= 0.3 is 19.8 Å². The van der Waals surface area contributed by atoms with Crippen molar-refractivity contribution >= 4 is 19.8 Å². The zero-order valence-corrected chi connectivity index (χ0v) is 27.3. The zero-order valence-electron chi connectivity index (χ0n) is 26.4. The Morgan fingerprint density at radius 1 is 0.634 bits per heavy atom. The fraction of sp³-hybridized carbons (Fsp3) is 0.935. The van der Waals surface area contributed by atoms with Crippen LogP contribution in [0.1, 0.15) is 155 Å². The lowest BCUT2D eigenvalue weighted by atomic mass is 10.1. The largest absolute Gasteiger partial charge is 0.472 e. The molecule has 0 amide bonds. The Balaban J connectivity index is 4.29. The van der Waals surface area contributed by atoms with Crippen LogP contribution in [0.2, 0.25) is 0 Å². The van der Waals surface area contributed by atoms with E-state index >= 15 is 0 Å². The van der Waals surface area contributed by atoms with E-state index < -0.39 is 26.5 Å². The molecule has 41 heavy (non-hydrogen) atoms. The number of quaternary nitrogens is 1. The van der Waals surface area contributed by atoms with Crippen LogP contribution in [0.15, 0.2) is 0 Å². The van der Waals surface area contributed by atoms with Crippen molar-refractivity contribution in [2.24, 2.45) is 0 Å². The van der Waals surface area contributed by atoms with Crippen LogP contribution >= 0.6 is 7.82 Å². The topological polar surface area (TPSA) is 136 Å². The highest BCUT2D eigenvalue weighted by Crippen LogP contribution is 2.43. The lowest BCUT2D eigenvalue weighted by molar-refractivity contribution is -0.371. The minimum absolute atomic E-state index is 0.0369. The Hall–Kier alpha value is -0.990. The molecule has 0 spiro atoms. The van der Waals surface area contributed by atoms with E-state index in [1.165, 1.54) is 89.9 Å². The second kappa shape index (κ2) is 29.1. The van der Waals surface area contributed by atoms with Gasteiger partial charge in [0.1, 0.15) is 13.2 Å². The van der Waals surface area contributed by atoms with E-state index in [9.17, 15) is 19.0 Å². The first kappa shape index (κ1) is 40.0. The van der Waals surface area contributed by atoms with E-state index in [4.69, 9.17) is 18.5 Å². The number of hydrogen-bond acceptors (Lipinski definition) is 7.